The third kappa shape index (κ3) is 4.19. The van der Waals surface area contributed by atoms with Gasteiger partial charge in [-0.1, -0.05) is 17.3 Å². The standard InChI is InChI=1S/C22H24F3N3O3/c1-13-10-16(22(23,24)25)18-19(27-31-21(18)26-13)14-7-5-9-28(11-14)12-15-6-4-8-17(29-2)20(15)30-3/h4,6,8,10,14H,5,7,9,11-12H2,1-3H3/t14-/m1/s1. The van der Waals surface area contributed by atoms with Gasteiger partial charge in [-0.3, -0.25) is 4.90 Å². The van der Waals surface area contributed by atoms with E-state index in [0.717, 1.165) is 31.0 Å². The van der Waals surface area contributed by atoms with E-state index in [1.54, 1.807) is 14.2 Å². The Bertz CT molecular complexity index is 1080. The van der Waals surface area contributed by atoms with Crippen LogP contribution in [0.3, 0.4) is 0 Å². The highest BCUT2D eigenvalue weighted by molar-refractivity contribution is 5.81. The van der Waals surface area contributed by atoms with E-state index in [2.05, 4.69) is 15.0 Å². The van der Waals surface area contributed by atoms with E-state index in [1.807, 2.05) is 18.2 Å². The summed E-state index contributed by atoms with van der Waals surface area (Å²) in [5, 5.41) is 4.00. The lowest BCUT2D eigenvalue weighted by Crippen LogP contribution is -2.34. The maximum absolute atomic E-state index is 13.7. The fourth-order valence-electron chi connectivity index (χ4n) is 4.34. The number of aryl methyl sites for hydroxylation is 1. The van der Waals surface area contributed by atoms with Gasteiger partial charge in [-0.2, -0.15) is 13.2 Å². The van der Waals surface area contributed by atoms with Gasteiger partial charge in [-0.05, 0) is 38.4 Å². The fraction of sp³-hybridized carbons (Fsp3) is 0.455. The van der Waals surface area contributed by atoms with E-state index in [1.165, 1.54) is 6.92 Å². The minimum Gasteiger partial charge on any atom is -0.493 e. The Balaban J connectivity index is 1.64. The summed E-state index contributed by atoms with van der Waals surface area (Å²) >= 11 is 0. The third-order valence-electron chi connectivity index (χ3n) is 5.68. The number of para-hydroxylation sites is 1. The lowest BCUT2D eigenvalue weighted by molar-refractivity contribution is -0.136. The summed E-state index contributed by atoms with van der Waals surface area (Å²) in [5.41, 5.74) is 0.739. The Morgan fingerprint density at radius 2 is 2.03 bits per heavy atom. The molecule has 1 aliphatic rings. The van der Waals surface area contributed by atoms with Crippen molar-refractivity contribution in [3.63, 3.8) is 0 Å². The second kappa shape index (κ2) is 8.37. The number of ether oxygens (including phenoxy) is 2. The molecule has 1 aromatic carbocycles. The summed E-state index contributed by atoms with van der Waals surface area (Å²) in [4.78, 5) is 6.32. The van der Waals surface area contributed by atoms with E-state index in [-0.39, 0.29) is 22.7 Å². The van der Waals surface area contributed by atoms with Crippen LogP contribution in [-0.4, -0.2) is 42.3 Å². The number of piperidine rings is 1. The molecule has 1 aliphatic heterocycles. The maximum atomic E-state index is 13.7. The molecule has 0 amide bonds. The highest BCUT2D eigenvalue weighted by atomic mass is 19.4. The van der Waals surface area contributed by atoms with Gasteiger partial charge >= 0.3 is 6.18 Å². The van der Waals surface area contributed by atoms with E-state index in [9.17, 15) is 13.2 Å². The number of pyridine rings is 1. The predicted octanol–water partition coefficient (Wildman–Crippen LogP) is 4.95. The number of hydrogen-bond donors (Lipinski definition) is 0. The maximum Gasteiger partial charge on any atom is 0.417 e. The van der Waals surface area contributed by atoms with Crippen LogP contribution in [-0.2, 0) is 12.7 Å². The van der Waals surface area contributed by atoms with Crippen LogP contribution in [0.4, 0.5) is 13.2 Å². The molecular weight excluding hydrogens is 411 g/mol. The lowest BCUT2D eigenvalue weighted by atomic mass is 9.91. The van der Waals surface area contributed by atoms with E-state index in [0.29, 0.717) is 30.3 Å². The summed E-state index contributed by atoms with van der Waals surface area (Å²) in [6, 6.07) is 6.75. The average molecular weight is 435 g/mol. The molecule has 3 heterocycles. The van der Waals surface area contributed by atoms with Crippen molar-refractivity contribution in [1.29, 1.82) is 0 Å². The van der Waals surface area contributed by atoms with Gasteiger partial charge in [0.15, 0.2) is 11.5 Å². The van der Waals surface area contributed by atoms with E-state index >= 15 is 0 Å². The van der Waals surface area contributed by atoms with Gasteiger partial charge < -0.3 is 14.0 Å². The van der Waals surface area contributed by atoms with Gasteiger partial charge in [-0.15, -0.1) is 0 Å². The normalized spacial score (nSPS) is 17.8. The number of fused-ring (bicyclic) bond motifs is 1. The number of hydrogen-bond acceptors (Lipinski definition) is 6. The number of benzene rings is 1. The number of likely N-dealkylation sites (tertiary alicyclic amines) is 1. The van der Waals surface area contributed by atoms with Gasteiger partial charge in [0.05, 0.1) is 30.9 Å². The van der Waals surface area contributed by atoms with Crippen molar-refractivity contribution >= 4 is 11.1 Å². The summed E-state index contributed by atoms with van der Waals surface area (Å²) in [6.45, 7) is 3.50. The molecule has 2 aromatic heterocycles. The summed E-state index contributed by atoms with van der Waals surface area (Å²) in [7, 11) is 3.18. The van der Waals surface area contributed by atoms with Crippen molar-refractivity contribution in [1.82, 2.24) is 15.0 Å². The first-order valence-electron chi connectivity index (χ1n) is 10.1. The molecule has 166 valence electrons. The Hall–Kier alpha value is -2.81. The smallest absolute Gasteiger partial charge is 0.417 e. The quantitative estimate of drug-likeness (QED) is 0.565. The van der Waals surface area contributed by atoms with Crippen LogP contribution in [0.2, 0.25) is 0 Å². The number of rotatable bonds is 5. The van der Waals surface area contributed by atoms with E-state index in [4.69, 9.17) is 14.0 Å². The van der Waals surface area contributed by atoms with Crippen molar-refractivity contribution in [2.24, 2.45) is 0 Å². The van der Waals surface area contributed by atoms with Crippen LogP contribution < -0.4 is 9.47 Å². The van der Waals surface area contributed by atoms with Crippen LogP contribution in [0.15, 0.2) is 28.8 Å². The number of nitrogens with zero attached hydrogens (tertiary/aromatic N) is 3. The Morgan fingerprint density at radius 1 is 1.23 bits per heavy atom. The average Bonchev–Trinajstić information content (AvgIpc) is 3.16. The topological polar surface area (TPSA) is 60.6 Å². The molecule has 31 heavy (non-hydrogen) atoms. The molecule has 0 spiro atoms. The molecular formula is C22H24F3N3O3. The van der Waals surface area contributed by atoms with Crippen molar-refractivity contribution in [2.75, 3.05) is 27.3 Å². The molecule has 0 bridgehead atoms. The number of halogens is 3. The third-order valence-corrected chi connectivity index (χ3v) is 5.68. The van der Waals surface area contributed by atoms with Crippen LogP contribution >= 0.6 is 0 Å². The SMILES string of the molecule is COc1cccc(CN2CCC[C@@H](c3noc4nc(C)cc(C(F)(F)F)c34)C2)c1OC. The van der Waals surface area contributed by atoms with Crippen LogP contribution in [0.1, 0.15) is 41.3 Å². The molecule has 6 nitrogen and oxygen atoms in total. The Morgan fingerprint density at radius 3 is 2.74 bits per heavy atom. The second-order valence-electron chi connectivity index (χ2n) is 7.78. The van der Waals surface area contributed by atoms with Crippen LogP contribution in [0.25, 0.3) is 11.1 Å². The molecule has 1 saturated heterocycles. The molecule has 9 heteroatoms. The minimum atomic E-state index is -4.51. The summed E-state index contributed by atoms with van der Waals surface area (Å²) < 4.78 is 57.2. The van der Waals surface area contributed by atoms with Crippen molar-refractivity contribution in [2.45, 2.75) is 38.4 Å². The first-order valence-corrected chi connectivity index (χ1v) is 10.1. The molecule has 0 unspecified atom stereocenters. The first-order chi connectivity index (χ1) is 14.8. The zero-order valence-electron chi connectivity index (χ0n) is 17.6. The van der Waals surface area contributed by atoms with Gasteiger partial charge in [-0.25, -0.2) is 4.98 Å². The number of aromatic nitrogens is 2. The molecule has 0 radical (unpaired) electrons. The molecule has 1 atom stereocenters. The number of alkyl halides is 3. The minimum absolute atomic E-state index is 0.0242. The largest absolute Gasteiger partial charge is 0.493 e. The molecule has 0 N–H and O–H groups in total. The van der Waals surface area contributed by atoms with Crippen LogP contribution in [0, 0.1) is 6.92 Å². The second-order valence-corrected chi connectivity index (χ2v) is 7.78. The summed E-state index contributed by atoms with van der Waals surface area (Å²) in [5.74, 6) is 1.13. The number of methoxy groups -OCH3 is 2. The Labute approximate surface area is 177 Å². The first kappa shape index (κ1) is 21.4. The predicted molar refractivity (Wildman–Crippen MR) is 108 cm³/mol. The van der Waals surface area contributed by atoms with Crippen molar-refractivity contribution in [3.05, 3.63) is 46.8 Å². The Kier molecular flexibility index (Phi) is 5.79. The molecule has 1 fully saturated rings. The van der Waals surface area contributed by atoms with Gasteiger partial charge in [0.1, 0.15) is 0 Å². The van der Waals surface area contributed by atoms with Crippen molar-refractivity contribution < 1.29 is 27.2 Å². The monoisotopic (exact) mass is 435 g/mol. The zero-order chi connectivity index (χ0) is 22.2. The molecule has 3 aromatic rings. The van der Waals surface area contributed by atoms with Crippen LogP contribution in [0.5, 0.6) is 11.5 Å². The highest BCUT2D eigenvalue weighted by Gasteiger charge is 2.37. The summed E-state index contributed by atoms with van der Waals surface area (Å²) in [6.07, 6.45) is -2.93. The fourth-order valence-corrected chi connectivity index (χ4v) is 4.34. The molecule has 0 aliphatic carbocycles. The zero-order valence-corrected chi connectivity index (χ0v) is 17.6. The van der Waals surface area contributed by atoms with Gasteiger partial charge in [0, 0.05) is 30.3 Å². The lowest BCUT2D eigenvalue weighted by Gasteiger charge is -2.32. The molecule has 4 rings (SSSR count). The molecule has 0 saturated carbocycles. The van der Waals surface area contributed by atoms with E-state index < -0.39 is 11.7 Å². The van der Waals surface area contributed by atoms with Gasteiger partial charge in [0.2, 0.25) is 0 Å². The highest BCUT2D eigenvalue weighted by Crippen LogP contribution is 2.40. The van der Waals surface area contributed by atoms with Gasteiger partial charge in [0.25, 0.3) is 5.71 Å². The van der Waals surface area contributed by atoms with Crippen molar-refractivity contribution in [3.8, 4) is 11.5 Å².